The van der Waals surface area contributed by atoms with Gasteiger partial charge in [-0.25, -0.2) is 0 Å². The molecule has 4 rings (SSSR count). The highest BCUT2D eigenvalue weighted by molar-refractivity contribution is 5.91. The fourth-order valence-electron chi connectivity index (χ4n) is 8.66. The maximum atomic E-state index is 14.1. The molecule has 12 nitrogen and oxygen atoms in total. The molecule has 2 fully saturated rings. The van der Waals surface area contributed by atoms with Crippen molar-refractivity contribution in [3.05, 3.63) is 71.8 Å². The highest BCUT2D eigenvalue weighted by atomic mass is 16.3. The number of benzene rings is 2. The summed E-state index contributed by atoms with van der Waals surface area (Å²) >= 11 is 0. The molecule has 12 heteroatoms. The number of rotatable bonds is 21. The van der Waals surface area contributed by atoms with Crippen LogP contribution in [0.3, 0.4) is 0 Å². The van der Waals surface area contributed by atoms with Crippen molar-refractivity contribution in [3.8, 4) is 0 Å². The Balaban J connectivity index is 1.52. The van der Waals surface area contributed by atoms with Gasteiger partial charge in [-0.15, -0.1) is 0 Å². The molecule has 0 aromatic heterocycles. The number of amides is 4. The third-order valence-electron chi connectivity index (χ3n) is 12.2. The molecule has 2 aliphatic carbocycles. The summed E-state index contributed by atoms with van der Waals surface area (Å²) < 4.78 is 0. The Hall–Kier alpha value is -3.84. The molecule has 2 aliphatic rings. The van der Waals surface area contributed by atoms with Crippen LogP contribution < -0.4 is 32.7 Å². The quantitative estimate of drug-likeness (QED) is 0.0922. The summed E-state index contributed by atoms with van der Waals surface area (Å²) in [4.78, 5) is 54.8. The molecular formula is C46H72N6O6. The Morgan fingerprint density at radius 1 is 0.534 bits per heavy atom. The predicted molar refractivity (Wildman–Crippen MR) is 228 cm³/mol. The molecule has 2 saturated carbocycles. The molecule has 322 valence electrons. The van der Waals surface area contributed by atoms with E-state index in [0.29, 0.717) is 25.7 Å². The van der Waals surface area contributed by atoms with E-state index in [2.05, 4.69) is 21.3 Å². The number of hydrogen-bond acceptors (Lipinski definition) is 8. The maximum absolute atomic E-state index is 14.1. The maximum Gasteiger partial charge on any atom is 0.243 e. The monoisotopic (exact) mass is 805 g/mol. The number of aliphatic hydroxyl groups excluding tert-OH is 2. The van der Waals surface area contributed by atoms with E-state index >= 15 is 0 Å². The minimum atomic E-state index is -1.44. The van der Waals surface area contributed by atoms with Gasteiger partial charge in [0.2, 0.25) is 23.6 Å². The average molecular weight is 805 g/mol. The Morgan fingerprint density at radius 2 is 0.862 bits per heavy atom. The van der Waals surface area contributed by atoms with Gasteiger partial charge in [-0.3, -0.25) is 19.2 Å². The Bertz CT molecular complexity index is 1430. The summed E-state index contributed by atoms with van der Waals surface area (Å²) in [5, 5.41) is 36.0. The third-order valence-corrected chi connectivity index (χ3v) is 12.2. The summed E-state index contributed by atoms with van der Waals surface area (Å²) in [7, 11) is 0. The molecule has 58 heavy (non-hydrogen) atoms. The van der Waals surface area contributed by atoms with Crippen LogP contribution in [0.15, 0.2) is 60.7 Å². The molecule has 4 amide bonds. The highest BCUT2D eigenvalue weighted by Crippen LogP contribution is 2.31. The minimum Gasteiger partial charge on any atom is -0.388 e. The standard InChI is InChI=1S/C46H72N6O6/c1-29(2)39(51-43(55)35(47)25-31-17-9-5-10-18-31)45(57)49-37(27-33-21-13-7-14-22-33)41(53)42(54)38(28-34-23-15-8-16-24-34)50-46(58)40(30(3)4)52-44(56)36(48)26-32-19-11-6-12-20-32/h5-6,9-12,17-20,29-30,33-42,53-54H,7-8,13-16,21-28,47-48H2,1-4H3,(H,49,57)(H,50,58)(H,51,55)(H,52,56)/t35-,36-,37-,38-,39-,40-,41+,42+/m0/s1. The lowest BCUT2D eigenvalue weighted by Gasteiger charge is -2.38. The van der Waals surface area contributed by atoms with E-state index in [1.807, 2.05) is 88.4 Å². The number of nitrogens with two attached hydrogens (primary N) is 2. The van der Waals surface area contributed by atoms with Crippen molar-refractivity contribution in [2.24, 2.45) is 35.1 Å². The van der Waals surface area contributed by atoms with E-state index in [1.165, 1.54) is 0 Å². The minimum absolute atomic E-state index is 0.222. The first-order chi connectivity index (χ1) is 27.7. The smallest absolute Gasteiger partial charge is 0.243 e. The lowest BCUT2D eigenvalue weighted by atomic mass is 9.80. The van der Waals surface area contributed by atoms with Crippen LogP contribution in [-0.4, -0.2) is 82.3 Å². The Kier molecular flexibility index (Phi) is 19.1. The zero-order valence-corrected chi connectivity index (χ0v) is 35.3. The van der Waals surface area contributed by atoms with E-state index in [4.69, 9.17) is 11.5 Å². The molecule has 10 N–H and O–H groups in total. The van der Waals surface area contributed by atoms with Crippen LogP contribution in [0, 0.1) is 23.7 Å². The van der Waals surface area contributed by atoms with Gasteiger partial charge in [-0.2, -0.15) is 0 Å². The van der Waals surface area contributed by atoms with Gasteiger partial charge in [-0.1, -0.05) is 153 Å². The molecule has 8 atom stereocenters. The molecular weight excluding hydrogens is 733 g/mol. The topological polar surface area (TPSA) is 209 Å². The van der Waals surface area contributed by atoms with Crippen molar-refractivity contribution in [1.29, 1.82) is 0 Å². The molecule has 0 saturated heterocycles. The van der Waals surface area contributed by atoms with Gasteiger partial charge in [0, 0.05) is 0 Å². The van der Waals surface area contributed by atoms with Gasteiger partial charge in [0.25, 0.3) is 0 Å². The van der Waals surface area contributed by atoms with Gasteiger partial charge < -0.3 is 42.9 Å². The van der Waals surface area contributed by atoms with Crippen molar-refractivity contribution in [2.75, 3.05) is 0 Å². The van der Waals surface area contributed by atoms with Gasteiger partial charge in [0.1, 0.15) is 24.3 Å². The molecule has 0 unspecified atom stereocenters. The fraction of sp³-hybridized carbons (Fsp3) is 0.652. The van der Waals surface area contributed by atoms with E-state index in [-0.39, 0.29) is 23.7 Å². The van der Waals surface area contributed by atoms with Gasteiger partial charge in [0.05, 0.1) is 24.2 Å². The van der Waals surface area contributed by atoms with Crippen LogP contribution in [0.25, 0.3) is 0 Å². The zero-order valence-electron chi connectivity index (χ0n) is 35.3. The lowest BCUT2D eigenvalue weighted by molar-refractivity contribution is -0.133. The number of carbonyl (C=O) groups is 4. The average Bonchev–Trinajstić information content (AvgIpc) is 3.21. The van der Waals surface area contributed by atoms with E-state index < -0.39 is 72.1 Å². The van der Waals surface area contributed by atoms with Crippen LogP contribution in [0.1, 0.15) is 116 Å². The first-order valence-corrected chi connectivity index (χ1v) is 21.9. The van der Waals surface area contributed by atoms with Crippen LogP contribution >= 0.6 is 0 Å². The summed E-state index contributed by atoms with van der Waals surface area (Å²) in [6.07, 6.45) is 8.84. The molecule has 0 bridgehead atoms. The normalized spacial score (nSPS) is 19.6. The summed E-state index contributed by atoms with van der Waals surface area (Å²) in [5.74, 6) is -2.00. The lowest BCUT2D eigenvalue weighted by Crippen LogP contribution is -2.62. The van der Waals surface area contributed by atoms with Crippen molar-refractivity contribution in [1.82, 2.24) is 21.3 Å². The second kappa shape index (κ2) is 23.7. The molecule has 2 aromatic rings. The number of hydrogen-bond donors (Lipinski definition) is 8. The highest BCUT2D eigenvalue weighted by Gasteiger charge is 2.39. The largest absolute Gasteiger partial charge is 0.388 e. The molecule has 0 spiro atoms. The van der Waals surface area contributed by atoms with Crippen molar-refractivity contribution in [2.45, 2.75) is 166 Å². The number of nitrogens with one attached hydrogen (secondary N) is 4. The van der Waals surface area contributed by atoms with Crippen molar-refractivity contribution >= 4 is 23.6 Å². The fourth-order valence-corrected chi connectivity index (χ4v) is 8.66. The first kappa shape index (κ1) is 46.8. The van der Waals surface area contributed by atoms with Gasteiger partial charge >= 0.3 is 0 Å². The van der Waals surface area contributed by atoms with Crippen molar-refractivity contribution in [3.63, 3.8) is 0 Å². The second-order valence-corrected chi connectivity index (χ2v) is 17.7. The van der Waals surface area contributed by atoms with Gasteiger partial charge in [-0.05, 0) is 60.5 Å². The summed E-state index contributed by atoms with van der Waals surface area (Å²) in [6.45, 7) is 7.34. The van der Waals surface area contributed by atoms with E-state index in [0.717, 1.165) is 75.3 Å². The molecule has 0 heterocycles. The third kappa shape index (κ3) is 14.8. The number of carbonyl (C=O) groups excluding carboxylic acids is 4. The molecule has 2 aromatic carbocycles. The molecule has 0 aliphatic heterocycles. The zero-order chi connectivity index (χ0) is 42.2. The predicted octanol–water partition coefficient (Wildman–Crippen LogP) is 4.04. The van der Waals surface area contributed by atoms with Crippen molar-refractivity contribution < 1.29 is 29.4 Å². The molecule has 0 radical (unpaired) electrons. The summed E-state index contributed by atoms with van der Waals surface area (Å²) in [5.41, 5.74) is 14.4. The SMILES string of the molecule is CC(C)[C@H](NC(=O)[C@@H](N)Cc1ccccc1)C(=O)N[C@@H](CC1CCCCC1)[C@@H](O)[C@H](O)[C@H](CC1CCCCC1)NC(=O)[C@@H](NC(=O)[C@@H](N)Cc1ccccc1)C(C)C. The summed E-state index contributed by atoms with van der Waals surface area (Å²) in [6, 6.07) is 13.6. The van der Waals surface area contributed by atoms with Crippen LogP contribution in [-0.2, 0) is 32.0 Å². The van der Waals surface area contributed by atoms with E-state index in [9.17, 15) is 29.4 Å². The Labute approximate surface area is 346 Å². The van der Waals surface area contributed by atoms with Crippen LogP contribution in [0.4, 0.5) is 0 Å². The van der Waals surface area contributed by atoms with E-state index in [1.54, 1.807) is 0 Å². The van der Waals surface area contributed by atoms with Crippen LogP contribution in [0.5, 0.6) is 0 Å². The number of aliphatic hydroxyl groups is 2. The first-order valence-electron chi connectivity index (χ1n) is 21.9. The van der Waals surface area contributed by atoms with Gasteiger partial charge in [0.15, 0.2) is 0 Å². The van der Waals surface area contributed by atoms with Crippen LogP contribution in [0.2, 0.25) is 0 Å². The Morgan fingerprint density at radius 3 is 1.17 bits per heavy atom. The second-order valence-electron chi connectivity index (χ2n) is 17.7.